The molecule has 0 fully saturated rings. The number of benzene rings is 2. The summed E-state index contributed by atoms with van der Waals surface area (Å²) < 4.78 is 0.939. The number of carbonyl (C=O) groups excluding carboxylic acids is 1. The monoisotopic (exact) mass is 334 g/mol. The van der Waals surface area contributed by atoms with Gasteiger partial charge in [0.1, 0.15) is 0 Å². The van der Waals surface area contributed by atoms with Crippen LogP contribution >= 0.6 is 15.9 Å². The number of urea groups is 1. The fourth-order valence-electron chi connectivity index (χ4n) is 1.71. The fraction of sp³-hybridized carbons (Fsp3) is 0.133. The lowest BCUT2D eigenvalue weighted by Crippen LogP contribution is -2.33. The fourth-order valence-corrected chi connectivity index (χ4v) is 2.12. The van der Waals surface area contributed by atoms with Crippen LogP contribution in [0.3, 0.4) is 0 Å². The minimum atomic E-state index is -0.311. The molecule has 5 heteroatoms. The largest absolute Gasteiger partial charge is 0.346 e. The van der Waals surface area contributed by atoms with Crippen molar-refractivity contribution in [2.24, 2.45) is 0 Å². The molecule has 2 rings (SSSR count). The van der Waals surface area contributed by atoms with Crippen LogP contribution in [0.25, 0.3) is 0 Å². The van der Waals surface area contributed by atoms with Crippen LogP contribution in [-0.4, -0.2) is 18.2 Å². The number of nitrogens with zero attached hydrogens (tertiary/aromatic N) is 1. The van der Waals surface area contributed by atoms with Crippen molar-refractivity contribution < 1.29 is 9.63 Å². The van der Waals surface area contributed by atoms with E-state index in [0.717, 1.165) is 15.7 Å². The zero-order valence-corrected chi connectivity index (χ0v) is 12.6. The predicted octanol–water partition coefficient (Wildman–Crippen LogP) is 4.04. The van der Waals surface area contributed by atoms with Gasteiger partial charge < -0.3 is 5.32 Å². The average Bonchev–Trinajstić information content (AvgIpc) is 2.47. The Labute approximate surface area is 126 Å². The highest BCUT2D eigenvalue weighted by molar-refractivity contribution is 9.10. The Bertz CT molecular complexity index is 575. The zero-order valence-electron chi connectivity index (χ0n) is 11.0. The highest BCUT2D eigenvalue weighted by Gasteiger charge is 2.15. The van der Waals surface area contributed by atoms with Crippen molar-refractivity contribution in [1.29, 1.82) is 0 Å². The molecule has 0 aliphatic rings. The number of anilines is 1. The summed E-state index contributed by atoms with van der Waals surface area (Å²) in [5.74, 6) is 0. The van der Waals surface area contributed by atoms with Crippen LogP contribution in [0, 0.1) is 0 Å². The molecule has 4 nitrogen and oxygen atoms in total. The molecule has 0 atom stereocenters. The van der Waals surface area contributed by atoms with E-state index in [2.05, 4.69) is 21.2 Å². The quantitative estimate of drug-likeness (QED) is 0.857. The Morgan fingerprint density at radius 1 is 1.15 bits per heavy atom. The van der Waals surface area contributed by atoms with Gasteiger partial charge >= 0.3 is 6.03 Å². The number of nitrogens with one attached hydrogen (secondary N) is 1. The topological polar surface area (TPSA) is 41.6 Å². The van der Waals surface area contributed by atoms with Gasteiger partial charge in [0.15, 0.2) is 0 Å². The Kier molecular flexibility index (Phi) is 5.15. The van der Waals surface area contributed by atoms with Crippen LogP contribution in [-0.2, 0) is 11.4 Å². The summed E-state index contributed by atoms with van der Waals surface area (Å²) in [5.41, 5.74) is 1.70. The number of hydroxylamine groups is 2. The summed E-state index contributed by atoms with van der Waals surface area (Å²) in [6, 6.07) is 16.7. The van der Waals surface area contributed by atoms with Gasteiger partial charge in [-0.25, -0.2) is 4.79 Å². The molecule has 0 saturated carbocycles. The first-order valence-corrected chi connectivity index (χ1v) is 6.91. The number of para-hydroxylation sites is 1. The Hall–Kier alpha value is -1.85. The Balaban J connectivity index is 2.05. The predicted molar refractivity (Wildman–Crippen MR) is 82.2 cm³/mol. The second kappa shape index (κ2) is 7.07. The molecule has 104 valence electrons. The first kappa shape index (κ1) is 14.6. The molecule has 0 saturated heterocycles. The third kappa shape index (κ3) is 3.82. The van der Waals surface area contributed by atoms with Crippen molar-refractivity contribution in [3.63, 3.8) is 0 Å². The van der Waals surface area contributed by atoms with E-state index >= 15 is 0 Å². The van der Waals surface area contributed by atoms with Crippen molar-refractivity contribution in [3.05, 3.63) is 64.6 Å². The lowest BCUT2D eigenvalue weighted by Gasteiger charge is -2.20. The van der Waals surface area contributed by atoms with Gasteiger partial charge in [-0.1, -0.05) is 52.3 Å². The Morgan fingerprint density at radius 2 is 1.80 bits per heavy atom. The molecular formula is C15H15BrN2O2. The lowest BCUT2D eigenvalue weighted by atomic mass is 10.2. The SMILES string of the molecule is CON(Cc1ccccc1Br)C(=O)Nc1ccccc1. The van der Waals surface area contributed by atoms with Gasteiger partial charge in [0.25, 0.3) is 0 Å². The van der Waals surface area contributed by atoms with Gasteiger partial charge in [-0.2, -0.15) is 5.06 Å². The molecule has 0 aromatic heterocycles. The van der Waals surface area contributed by atoms with Crippen LogP contribution in [0.15, 0.2) is 59.1 Å². The van der Waals surface area contributed by atoms with Gasteiger partial charge in [0.05, 0.1) is 13.7 Å². The lowest BCUT2D eigenvalue weighted by molar-refractivity contribution is -0.0887. The maximum absolute atomic E-state index is 12.1. The number of hydrogen-bond donors (Lipinski definition) is 1. The summed E-state index contributed by atoms with van der Waals surface area (Å²) >= 11 is 3.46. The van der Waals surface area contributed by atoms with E-state index in [0.29, 0.717) is 6.54 Å². The molecule has 0 aliphatic carbocycles. The second-order valence-corrected chi connectivity index (χ2v) is 4.96. The van der Waals surface area contributed by atoms with Crippen molar-refractivity contribution in [2.45, 2.75) is 6.54 Å². The maximum Gasteiger partial charge on any atom is 0.346 e. The minimum absolute atomic E-state index is 0.311. The molecule has 2 aromatic rings. The first-order valence-electron chi connectivity index (χ1n) is 6.12. The minimum Gasteiger partial charge on any atom is -0.306 e. The third-order valence-corrected chi connectivity index (χ3v) is 3.52. The average molecular weight is 335 g/mol. The molecule has 0 aliphatic heterocycles. The maximum atomic E-state index is 12.1. The van der Waals surface area contributed by atoms with Crippen molar-refractivity contribution >= 4 is 27.6 Å². The smallest absolute Gasteiger partial charge is 0.306 e. The molecule has 2 aromatic carbocycles. The summed E-state index contributed by atoms with van der Waals surface area (Å²) in [7, 11) is 1.47. The summed E-state index contributed by atoms with van der Waals surface area (Å²) in [4.78, 5) is 17.3. The van der Waals surface area contributed by atoms with Gasteiger partial charge in [0.2, 0.25) is 0 Å². The van der Waals surface area contributed by atoms with E-state index in [-0.39, 0.29) is 6.03 Å². The van der Waals surface area contributed by atoms with Crippen LogP contribution in [0.5, 0.6) is 0 Å². The summed E-state index contributed by atoms with van der Waals surface area (Å²) in [6.45, 7) is 0.358. The molecule has 20 heavy (non-hydrogen) atoms. The highest BCUT2D eigenvalue weighted by Crippen LogP contribution is 2.18. The number of carbonyl (C=O) groups is 1. The first-order chi connectivity index (χ1) is 9.70. The van der Waals surface area contributed by atoms with E-state index in [1.165, 1.54) is 12.2 Å². The van der Waals surface area contributed by atoms with Crippen LogP contribution < -0.4 is 5.32 Å². The number of halogens is 1. The molecule has 0 heterocycles. The summed E-state index contributed by atoms with van der Waals surface area (Å²) in [6.07, 6.45) is 0. The number of hydrogen-bond acceptors (Lipinski definition) is 2. The van der Waals surface area contributed by atoms with Crippen LogP contribution in [0.1, 0.15) is 5.56 Å². The van der Waals surface area contributed by atoms with Crippen molar-refractivity contribution in [1.82, 2.24) is 5.06 Å². The van der Waals surface area contributed by atoms with Gasteiger partial charge in [-0.05, 0) is 23.8 Å². The van der Waals surface area contributed by atoms with Gasteiger partial charge in [-0.15, -0.1) is 0 Å². The second-order valence-electron chi connectivity index (χ2n) is 4.11. The van der Waals surface area contributed by atoms with E-state index in [1.54, 1.807) is 0 Å². The van der Waals surface area contributed by atoms with Crippen molar-refractivity contribution in [3.8, 4) is 0 Å². The summed E-state index contributed by atoms with van der Waals surface area (Å²) in [5, 5.41) is 4.05. The standard InChI is InChI=1S/C15H15BrN2O2/c1-20-18(11-12-7-5-6-10-14(12)16)15(19)17-13-8-3-2-4-9-13/h2-10H,11H2,1H3,(H,17,19). The number of rotatable bonds is 4. The normalized spacial score (nSPS) is 10.1. The van der Waals surface area contributed by atoms with Gasteiger partial charge in [-0.3, -0.25) is 4.84 Å². The van der Waals surface area contributed by atoms with E-state index in [1.807, 2.05) is 54.6 Å². The van der Waals surface area contributed by atoms with E-state index < -0.39 is 0 Å². The van der Waals surface area contributed by atoms with E-state index in [9.17, 15) is 4.79 Å². The molecule has 0 radical (unpaired) electrons. The van der Waals surface area contributed by atoms with Crippen molar-refractivity contribution in [2.75, 3.05) is 12.4 Å². The zero-order chi connectivity index (χ0) is 14.4. The Morgan fingerprint density at radius 3 is 2.45 bits per heavy atom. The third-order valence-electron chi connectivity index (χ3n) is 2.74. The van der Waals surface area contributed by atoms with Crippen LogP contribution in [0.4, 0.5) is 10.5 Å². The number of amides is 2. The molecule has 0 unspecified atom stereocenters. The van der Waals surface area contributed by atoms with Crippen LogP contribution in [0.2, 0.25) is 0 Å². The molecule has 0 spiro atoms. The van der Waals surface area contributed by atoms with E-state index in [4.69, 9.17) is 4.84 Å². The highest BCUT2D eigenvalue weighted by atomic mass is 79.9. The van der Waals surface area contributed by atoms with Gasteiger partial charge in [0, 0.05) is 10.2 Å². The molecule has 1 N–H and O–H groups in total. The molecular weight excluding hydrogens is 320 g/mol. The molecule has 2 amide bonds. The molecule has 0 bridgehead atoms.